The third kappa shape index (κ3) is 4.72. The zero-order valence-electron chi connectivity index (χ0n) is 16.2. The van der Waals surface area contributed by atoms with E-state index in [-0.39, 0.29) is 12.5 Å². The lowest BCUT2D eigenvalue weighted by Crippen LogP contribution is -2.30. The van der Waals surface area contributed by atoms with Gasteiger partial charge in [0.25, 0.3) is 0 Å². The number of fused-ring (bicyclic) bond motifs is 1. The monoisotopic (exact) mass is 486 g/mol. The summed E-state index contributed by atoms with van der Waals surface area (Å²) in [5, 5.41) is 4.31. The molecule has 0 amide bonds. The summed E-state index contributed by atoms with van der Waals surface area (Å²) < 4.78 is 38.3. The van der Waals surface area contributed by atoms with E-state index in [0.717, 1.165) is 24.1 Å². The Morgan fingerprint density at radius 1 is 1.34 bits per heavy atom. The minimum Gasteiger partial charge on any atom is -0.477 e. The first-order valence-electron chi connectivity index (χ1n) is 9.38. The zero-order valence-corrected chi connectivity index (χ0v) is 18.7. The van der Waals surface area contributed by atoms with Crippen LogP contribution in [-0.4, -0.2) is 42.4 Å². The predicted molar refractivity (Wildman–Crippen MR) is 110 cm³/mol. The van der Waals surface area contributed by atoms with Gasteiger partial charge in [-0.1, -0.05) is 0 Å². The SMILES string of the molecule is CCOC(=O)Cn1ncc2c1CCCC2N(c1cnc(OCC)c(Br)c1)[SH](=O)=O. The third-order valence-electron chi connectivity index (χ3n) is 4.63. The molecule has 0 fully saturated rings. The molecule has 0 saturated heterocycles. The molecule has 29 heavy (non-hydrogen) atoms. The average Bonchev–Trinajstić information content (AvgIpc) is 3.08. The largest absolute Gasteiger partial charge is 0.477 e. The first kappa shape index (κ1) is 21.6. The standard InChI is InChI=1S/C18H23BrN4O5S/c1-3-27-17(24)11-22-15-6-5-7-16(13(15)10-21-22)23(29(25)26)12-8-14(19)18(20-9-12)28-4-2/h8-10,16,29H,3-7,11H2,1-2H3. The van der Waals surface area contributed by atoms with E-state index in [9.17, 15) is 13.2 Å². The van der Waals surface area contributed by atoms with E-state index in [1.54, 1.807) is 23.9 Å². The van der Waals surface area contributed by atoms with Crippen molar-refractivity contribution in [2.45, 2.75) is 45.7 Å². The van der Waals surface area contributed by atoms with Gasteiger partial charge in [-0.25, -0.2) is 13.4 Å². The van der Waals surface area contributed by atoms with Gasteiger partial charge in [0, 0.05) is 11.3 Å². The Balaban J connectivity index is 1.94. The van der Waals surface area contributed by atoms with E-state index in [1.807, 2.05) is 6.92 Å². The molecule has 2 aromatic heterocycles. The lowest BCUT2D eigenvalue weighted by Gasteiger charge is -2.31. The second-order valence-corrected chi connectivity index (χ2v) is 8.17. The summed E-state index contributed by atoms with van der Waals surface area (Å²) in [6.45, 7) is 4.36. The molecule has 0 spiro atoms. The molecule has 9 nitrogen and oxygen atoms in total. The molecular formula is C18H23BrN4O5S. The minimum atomic E-state index is -2.93. The minimum absolute atomic E-state index is 0.00949. The molecule has 3 rings (SSSR count). The summed E-state index contributed by atoms with van der Waals surface area (Å²) in [4.78, 5) is 16.1. The van der Waals surface area contributed by atoms with Crippen molar-refractivity contribution in [3.8, 4) is 5.88 Å². The van der Waals surface area contributed by atoms with Crippen molar-refractivity contribution in [3.63, 3.8) is 0 Å². The number of nitrogens with zero attached hydrogens (tertiary/aromatic N) is 4. The van der Waals surface area contributed by atoms with Crippen molar-refractivity contribution in [3.05, 3.63) is 34.2 Å². The second kappa shape index (κ2) is 9.57. The van der Waals surface area contributed by atoms with Crippen LogP contribution in [0.2, 0.25) is 0 Å². The summed E-state index contributed by atoms with van der Waals surface area (Å²) in [6.07, 6.45) is 5.27. The Morgan fingerprint density at radius 3 is 2.79 bits per heavy atom. The molecule has 2 heterocycles. The molecule has 0 saturated carbocycles. The van der Waals surface area contributed by atoms with Crippen LogP contribution < -0.4 is 9.04 Å². The van der Waals surface area contributed by atoms with Crippen molar-refractivity contribution in [2.75, 3.05) is 17.5 Å². The molecule has 1 unspecified atom stereocenters. The fourth-order valence-corrected chi connectivity index (χ4v) is 4.70. The van der Waals surface area contributed by atoms with Crippen LogP contribution in [-0.2, 0) is 33.4 Å². The molecule has 2 aromatic rings. The van der Waals surface area contributed by atoms with Gasteiger partial charge in [-0.3, -0.25) is 13.8 Å². The second-order valence-electron chi connectivity index (χ2n) is 6.41. The molecule has 0 aromatic carbocycles. The summed E-state index contributed by atoms with van der Waals surface area (Å²) in [5.74, 6) is 0.0378. The van der Waals surface area contributed by atoms with Gasteiger partial charge < -0.3 is 9.47 Å². The summed E-state index contributed by atoms with van der Waals surface area (Å²) in [7, 11) is -2.93. The zero-order chi connectivity index (χ0) is 21.0. The van der Waals surface area contributed by atoms with Crippen LogP contribution in [0, 0.1) is 0 Å². The van der Waals surface area contributed by atoms with Crippen LogP contribution >= 0.6 is 15.9 Å². The number of carbonyl (C=O) groups is 1. The highest BCUT2D eigenvalue weighted by molar-refractivity contribution is 9.10. The summed E-state index contributed by atoms with van der Waals surface area (Å²) in [5.41, 5.74) is 2.09. The molecular weight excluding hydrogens is 464 g/mol. The van der Waals surface area contributed by atoms with E-state index in [0.29, 0.717) is 35.7 Å². The number of anilines is 1. The van der Waals surface area contributed by atoms with Gasteiger partial charge in [0.2, 0.25) is 16.8 Å². The van der Waals surface area contributed by atoms with E-state index >= 15 is 0 Å². The average molecular weight is 487 g/mol. The Hall–Kier alpha value is -2.14. The Morgan fingerprint density at radius 2 is 2.14 bits per heavy atom. The number of ether oxygens (including phenoxy) is 2. The first-order chi connectivity index (χ1) is 14.0. The van der Waals surface area contributed by atoms with Gasteiger partial charge in [-0.05, 0) is 55.1 Å². The highest BCUT2D eigenvalue weighted by Crippen LogP contribution is 2.38. The van der Waals surface area contributed by atoms with Crippen LogP contribution in [0.4, 0.5) is 5.69 Å². The van der Waals surface area contributed by atoms with Crippen molar-refractivity contribution >= 4 is 38.5 Å². The number of thiol groups is 1. The lowest BCUT2D eigenvalue weighted by atomic mass is 9.92. The predicted octanol–water partition coefficient (Wildman–Crippen LogP) is 2.41. The van der Waals surface area contributed by atoms with Crippen LogP contribution in [0.3, 0.4) is 0 Å². The topological polar surface area (TPSA) is 104 Å². The highest BCUT2D eigenvalue weighted by atomic mass is 79.9. The summed E-state index contributed by atoms with van der Waals surface area (Å²) in [6, 6.07) is 1.27. The molecule has 1 aliphatic rings. The van der Waals surface area contributed by atoms with E-state index < -0.39 is 16.9 Å². The maximum absolute atomic E-state index is 12.2. The number of hydrogen-bond acceptors (Lipinski definition) is 7. The maximum atomic E-state index is 12.2. The van der Waals surface area contributed by atoms with Gasteiger partial charge >= 0.3 is 5.97 Å². The molecule has 1 atom stereocenters. The van der Waals surface area contributed by atoms with Gasteiger partial charge in [-0.2, -0.15) is 5.10 Å². The van der Waals surface area contributed by atoms with Crippen LogP contribution in [0.25, 0.3) is 0 Å². The third-order valence-corrected chi connectivity index (χ3v) is 6.05. The maximum Gasteiger partial charge on any atom is 0.327 e. The number of carbonyl (C=O) groups excluding carboxylic acids is 1. The number of pyridine rings is 1. The van der Waals surface area contributed by atoms with Gasteiger partial charge in [0.1, 0.15) is 6.54 Å². The van der Waals surface area contributed by atoms with Gasteiger partial charge in [0.15, 0.2) is 0 Å². The normalized spacial score (nSPS) is 15.8. The molecule has 158 valence electrons. The Kier molecular flexibility index (Phi) is 7.12. The van der Waals surface area contributed by atoms with E-state index in [2.05, 4.69) is 26.0 Å². The van der Waals surface area contributed by atoms with Crippen molar-refractivity contribution in [2.24, 2.45) is 0 Å². The number of rotatable bonds is 8. The molecule has 0 radical (unpaired) electrons. The molecule has 0 N–H and O–H groups in total. The quantitative estimate of drug-likeness (QED) is 0.451. The molecule has 0 aliphatic heterocycles. The lowest BCUT2D eigenvalue weighted by molar-refractivity contribution is -0.144. The van der Waals surface area contributed by atoms with E-state index in [1.165, 1.54) is 10.5 Å². The van der Waals surface area contributed by atoms with Crippen molar-refractivity contribution < 1.29 is 22.7 Å². The van der Waals surface area contributed by atoms with Crippen molar-refractivity contribution in [1.82, 2.24) is 14.8 Å². The first-order valence-corrected chi connectivity index (χ1v) is 11.3. The smallest absolute Gasteiger partial charge is 0.327 e. The molecule has 11 heteroatoms. The summed E-state index contributed by atoms with van der Waals surface area (Å²) >= 11 is 3.39. The van der Waals surface area contributed by atoms with Gasteiger partial charge in [0.05, 0.1) is 41.8 Å². The van der Waals surface area contributed by atoms with Crippen LogP contribution in [0.15, 0.2) is 22.9 Å². The highest BCUT2D eigenvalue weighted by Gasteiger charge is 2.31. The number of hydrogen-bond donors (Lipinski definition) is 1. The molecule has 0 bridgehead atoms. The Labute approximate surface area is 179 Å². The van der Waals surface area contributed by atoms with E-state index in [4.69, 9.17) is 9.47 Å². The number of esters is 1. The number of aromatic nitrogens is 3. The van der Waals surface area contributed by atoms with Crippen LogP contribution in [0.5, 0.6) is 5.88 Å². The Bertz CT molecular complexity index is 954. The fourth-order valence-electron chi connectivity index (χ4n) is 3.49. The fraction of sp³-hybridized carbons (Fsp3) is 0.500. The molecule has 1 aliphatic carbocycles. The van der Waals surface area contributed by atoms with Gasteiger partial charge in [-0.15, -0.1) is 0 Å². The number of halogens is 1. The van der Waals surface area contributed by atoms with Crippen LogP contribution in [0.1, 0.15) is 44.0 Å². The van der Waals surface area contributed by atoms with Crippen molar-refractivity contribution in [1.29, 1.82) is 0 Å².